The summed E-state index contributed by atoms with van der Waals surface area (Å²) < 4.78 is 22.1. The number of amides is 1. The van der Waals surface area contributed by atoms with Crippen molar-refractivity contribution in [3.63, 3.8) is 0 Å². The second-order valence-electron chi connectivity index (χ2n) is 3.71. The van der Waals surface area contributed by atoms with Gasteiger partial charge in [0, 0.05) is 19.5 Å². The van der Waals surface area contributed by atoms with Crippen molar-refractivity contribution in [3.8, 4) is 0 Å². The van der Waals surface area contributed by atoms with Crippen molar-refractivity contribution in [1.29, 1.82) is 0 Å². The van der Waals surface area contributed by atoms with Crippen molar-refractivity contribution in [3.05, 3.63) is 0 Å². The van der Waals surface area contributed by atoms with E-state index < -0.39 is 15.3 Å². The lowest BCUT2D eigenvalue weighted by atomic mass is 10.4. The number of sulfonamides is 1. The molecular formula is C8H17N3O3S. The highest BCUT2D eigenvalue weighted by atomic mass is 32.2. The fourth-order valence-electron chi connectivity index (χ4n) is 1.62. The minimum atomic E-state index is -3.58. The SMILES string of the molecule is CNCCCN1CC(S(N)(=O)=O)CC1=O. The summed E-state index contributed by atoms with van der Waals surface area (Å²) in [7, 11) is -1.74. The molecule has 7 heteroatoms. The van der Waals surface area contributed by atoms with Gasteiger partial charge in [-0.1, -0.05) is 0 Å². The van der Waals surface area contributed by atoms with Gasteiger partial charge in [-0.25, -0.2) is 13.6 Å². The first-order valence-electron chi connectivity index (χ1n) is 4.89. The Labute approximate surface area is 89.9 Å². The molecule has 0 aromatic carbocycles. The summed E-state index contributed by atoms with van der Waals surface area (Å²) >= 11 is 0. The van der Waals surface area contributed by atoms with E-state index in [1.165, 1.54) is 0 Å². The maximum absolute atomic E-state index is 11.4. The van der Waals surface area contributed by atoms with Crippen LogP contribution in [0.1, 0.15) is 12.8 Å². The molecule has 1 heterocycles. The van der Waals surface area contributed by atoms with Crippen molar-refractivity contribution in [2.75, 3.05) is 26.7 Å². The van der Waals surface area contributed by atoms with Crippen LogP contribution in [0.5, 0.6) is 0 Å². The van der Waals surface area contributed by atoms with Gasteiger partial charge in [0.25, 0.3) is 0 Å². The average Bonchev–Trinajstić information content (AvgIpc) is 2.48. The number of hydrogen-bond acceptors (Lipinski definition) is 4. The Morgan fingerprint density at radius 3 is 2.73 bits per heavy atom. The van der Waals surface area contributed by atoms with E-state index in [0.717, 1.165) is 13.0 Å². The molecule has 88 valence electrons. The first-order valence-corrected chi connectivity index (χ1v) is 6.50. The van der Waals surface area contributed by atoms with Crippen LogP contribution in [-0.4, -0.2) is 51.2 Å². The lowest BCUT2D eigenvalue weighted by molar-refractivity contribution is -0.127. The third kappa shape index (κ3) is 3.44. The van der Waals surface area contributed by atoms with Gasteiger partial charge in [0.2, 0.25) is 15.9 Å². The van der Waals surface area contributed by atoms with Crippen LogP contribution in [0, 0.1) is 0 Å². The fraction of sp³-hybridized carbons (Fsp3) is 0.875. The second kappa shape index (κ2) is 4.91. The van der Waals surface area contributed by atoms with E-state index in [1.807, 2.05) is 7.05 Å². The van der Waals surface area contributed by atoms with Crippen molar-refractivity contribution < 1.29 is 13.2 Å². The lowest BCUT2D eigenvalue weighted by Gasteiger charge is -2.15. The van der Waals surface area contributed by atoms with E-state index >= 15 is 0 Å². The van der Waals surface area contributed by atoms with Gasteiger partial charge < -0.3 is 10.2 Å². The first-order chi connectivity index (χ1) is 6.95. The number of nitrogens with two attached hydrogens (primary N) is 1. The van der Waals surface area contributed by atoms with Crippen LogP contribution in [0.25, 0.3) is 0 Å². The van der Waals surface area contributed by atoms with Crippen LogP contribution in [0.2, 0.25) is 0 Å². The molecule has 1 rings (SSSR count). The molecule has 1 aliphatic rings. The predicted octanol–water partition coefficient (Wildman–Crippen LogP) is -1.51. The Kier molecular flexibility index (Phi) is 4.06. The number of hydrogen-bond donors (Lipinski definition) is 2. The highest BCUT2D eigenvalue weighted by Gasteiger charge is 2.35. The third-order valence-corrected chi connectivity index (χ3v) is 3.74. The minimum Gasteiger partial charge on any atom is -0.341 e. The molecular weight excluding hydrogens is 218 g/mol. The van der Waals surface area contributed by atoms with E-state index in [4.69, 9.17) is 5.14 Å². The van der Waals surface area contributed by atoms with E-state index in [2.05, 4.69) is 5.32 Å². The largest absolute Gasteiger partial charge is 0.341 e. The summed E-state index contributed by atoms with van der Waals surface area (Å²) in [5.74, 6) is -0.120. The number of likely N-dealkylation sites (tertiary alicyclic amines) is 1. The standard InChI is InChI=1S/C8H17N3O3S/c1-10-3-2-4-11-6-7(5-8(11)12)15(9,13)14/h7,10H,2-6H2,1H3,(H2,9,13,14). The molecule has 3 N–H and O–H groups in total. The number of nitrogens with one attached hydrogen (secondary N) is 1. The topological polar surface area (TPSA) is 92.5 Å². The molecule has 1 atom stereocenters. The Bertz CT molecular complexity index is 328. The van der Waals surface area contributed by atoms with Crippen molar-refractivity contribution in [2.24, 2.45) is 5.14 Å². The van der Waals surface area contributed by atoms with Crippen molar-refractivity contribution in [2.45, 2.75) is 18.1 Å². The van der Waals surface area contributed by atoms with E-state index in [-0.39, 0.29) is 18.9 Å². The number of nitrogens with zero attached hydrogens (tertiary/aromatic N) is 1. The molecule has 0 bridgehead atoms. The maximum atomic E-state index is 11.4. The van der Waals surface area contributed by atoms with Gasteiger partial charge in [0.1, 0.15) is 5.25 Å². The predicted molar refractivity (Wildman–Crippen MR) is 56.6 cm³/mol. The van der Waals surface area contributed by atoms with E-state index in [9.17, 15) is 13.2 Å². The second-order valence-corrected chi connectivity index (χ2v) is 5.56. The zero-order valence-corrected chi connectivity index (χ0v) is 9.59. The van der Waals surface area contributed by atoms with Crippen LogP contribution in [0.15, 0.2) is 0 Å². The smallest absolute Gasteiger partial charge is 0.224 e. The van der Waals surface area contributed by atoms with Gasteiger partial charge in [-0.05, 0) is 20.0 Å². The van der Waals surface area contributed by atoms with Crippen LogP contribution >= 0.6 is 0 Å². The molecule has 0 aliphatic carbocycles. The Morgan fingerprint density at radius 2 is 2.27 bits per heavy atom. The van der Waals surface area contributed by atoms with Crippen LogP contribution in [0.4, 0.5) is 0 Å². The average molecular weight is 235 g/mol. The van der Waals surface area contributed by atoms with Gasteiger partial charge in [-0.3, -0.25) is 4.79 Å². The molecule has 1 fully saturated rings. The molecule has 1 amide bonds. The normalized spacial score (nSPS) is 22.4. The van der Waals surface area contributed by atoms with E-state index in [1.54, 1.807) is 4.90 Å². The highest BCUT2D eigenvalue weighted by Crippen LogP contribution is 2.16. The zero-order chi connectivity index (χ0) is 11.5. The van der Waals surface area contributed by atoms with Gasteiger partial charge in [-0.15, -0.1) is 0 Å². The summed E-state index contributed by atoms with van der Waals surface area (Å²) in [6, 6.07) is 0. The number of rotatable bonds is 5. The van der Waals surface area contributed by atoms with Crippen molar-refractivity contribution >= 4 is 15.9 Å². The molecule has 0 aromatic heterocycles. The van der Waals surface area contributed by atoms with Gasteiger partial charge >= 0.3 is 0 Å². The molecule has 0 spiro atoms. The molecule has 0 aromatic rings. The maximum Gasteiger partial charge on any atom is 0.224 e. The molecule has 15 heavy (non-hydrogen) atoms. The highest BCUT2D eigenvalue weighted by molar-refractivity contribution is 7.89. The Hall–Kier alpha value is -0.660. The van der Waals surface area contributed by atoms with Crippen LogP contribution in [0.3, 0.4) is 0 Å². The molecule has 1 aliphatic heterocycles. The molecule has 0 radical (unpaired) electrons. The van der Waals surface area contributed by atoms with Crippen molar-refractivity contribution in [1.82, 2.24) is 10.2 Å². The van der Waals surface area contributed by atoms with Crippen LogP contribution in [-0.2, 0) is 14.8 Å². The Morgan fingerprint density at radius 1 is 1.60 bits per heavy atom. The Balaban J connectivity index is 2.46. The first kappa shape index (κ1) is 12.4. The molecule has 1 saturated heterocycles. The summed E-state index contributed by atoms with van der Waals surface area (Å²) in [6.45, 7) is 1.64. The third-order valence-electron chi connectivity index (χ3n) is 2.50. The summed E-state index contributed by atoms with van der Waals surface area (Å²) in [4.78, 5) is 13.0. The molecule has 6 nitrogen and oxygen atoms in total. The van der Waals surface area contributed by atoms with Gasteiger partial charge in [0.15, 0.2) is 0 Å². The quantitative estimate of drug-likeness (QED) is 0.566. The minimum absolute atomic E-state index is 0.0262. The summed E-state index contributed by atoms with van der Waals surface area (Å²) in [6.07, 6.45) is 0.845. The van der Waals surface area contributed by atoms with Gasteiger partial charge in [-0.2, -0.15) is 0 Å². The summed E-state index contributed by atoms with van der Waals surface area (Å²) in [5, 5.41) is 7.25. The number of primary sulfonamides is 1. The monoisotopic (exact) mass is 235 g/mol. The fourth-order valence-corrected chi connectivity index (χ4v) is 2.38. The molecule has 1 unspecified atom stereocenters. The zero-order valence-electron chi connectivity index (χ0n) is 8.77. The molecule has 0 saturated carbocycles. The van der Waals surface area contributed by atoms with E-state index in [0.29, 0.717) is 6.54 Å². The number of carbonyl (C=O) groups is 1. The van der Waals surface area contributed by atoms with Gasteiger partial charge in [0.05, 0.1) is 0 Å². The van der Waals surface area contributed by atoms with Crippen LogP contribution < -0.4 is 10.5 Å². The number of carbonyl (C=O) groups excluding carboxylic acids is 1. The lowest BCUT2D eigenvalue weighted by Crippen LogP contribution is -2.33. The summed E-state index contributed by atoms with van der Waals surface area (Å²) in [5.41, 5.74) is 0.